The first-order chi connectivity index (χ1) is 17.9. The van der Waals surface area contributed by atoms with Crippen LogP contribution < -0.4 is 4.74 Å². The summed E-state index contributed by atoms with van der Waals surface area (Å²) in [5.74, 6) is -19.7. The summed E-state index contributed by atoms with van der Waals surface area (Å²) in [6, 6.07) is 5.59. The quantitative estimate of drug-likeness (QED) is 0.130. The molecule has 0 saturated carbocycles. The van der Waals surface area contributed by atoms with Crippen LogP contribution in [0.2, 0.25) is 0 Å². The van der Waals surface area contributed by atoms with Gasteiger partial charge in [-0.2, -0.15) is 17.6 Å². The summed E-state index contributed by atoms with van der Waals surface area (Å²) in [6.07, 6.45) is 2.23. The molecule has 0 fully saturated rings. The van der Waals surface area contributed by atoms with Gasteiger partial charge in [-0.15, -0.1) is 6.58 Å². The van der Waals surface area contributed by atoms with Crippen LogP contribution in [-0.2, 0) is 24.7 Å². The third kappa shape index (κ3) is 4.16. The lowest BCUT2D eigenvalue weighted by atomic mass is 9.79. The topological polar surface area (TPSA) is 26.3 Å². The van der Waals surface area contributed by atoms with Crippen LogP contribution in [0.1, 0.15) is 52.4 Å². The first-order valence-electron chi connectivity index (χ1n) is 11.6. The van der Waals surface area contributed by atoms with Crippen LogP contribution in [0.25, 0.3) is 11.1 Å². The molecule has 3 aromatic rings. The number of rotatable bonds is 7. The standard InChI is InChI=1S/C28H20F8O2/c1-3-5-7-15-9-11-18(24(31)23(15)30)26(37)38-19-13-12-17-16-10-8-14(6-4-2)22(29)20(16)27(33,34)28(35,36)21(17)25(19)32/h3,8-13H,1,4-7H2,2H3. The fourth-order valence-electron chi connectivity index (χ4n) is 4.45. The molecule has 0 N–H and O–H groups in total. The lowest BCUT2D eigenvalue weighted by Crippen LogP contribution is -2.41. The molecule has 0 unspecified atom stereocenters. The van der Waals surface area contributed by atoms with E-state index in [-0.39, 0.29) is 24.0 Å². The summed E-state index contributed by atoms with van der Waals surface area (Å²) >= 11 is 0. The number of ether oxygens (including phenoxy) is 1. The summed E-state index contributed by atoms with van der Waals surface area (Å²) in [5, 5.41) is 0. The number of carbonyl (C=O) groups is 1. The van der Waals surface area contributed by atoms with E-state index in [9.17, 15) is 18.0 Å². The van der Waals surface area contributed by atoms with Crippen molar-refractivity contribution in [2.75, 3.05) is 0 Å². The number of allylic oxidation sites excluding steroid dienone is 1. The van der Waals surface area contributed by atoms with E-state index >= 15 is 22.0 Å². The minimum absolute atomic E-state index is 0.0171. The zero-order chi connectivity index (χ0) is 28.0. The van der Waals surface area contributed by atoms with E-state index in [1.807, 2.05) is 0 Å². The average Bonchev–Trinajstić information content (AvgIpc) is 2.86. The van der Waals surface area contributed by atoms with Gasteiger partial charge in [0, 0.05) is 0 Å². The Kier molecular flexibility index (Phi) is 7.11. The van der Waals surface area contributed by atoms with E-state index in [2.05, 4.69) is 11.3 Å². The molecule has 0 aliphatic heterocycles. The molecule has 0 saturated heterocycles. The lowest BCUT2D eigenvalue weighted by molar-refractivity contribution is -0.227. The maximum absolute atomic E-state index is 15.3. The van der Waals surface area contributed by atoms with Gasteiger partial charge in [0.2, 0.25) is 0 Å². The number of esters is 1. The van der Waals surface area contributed by atoms with Gasteiger partial charge in [-0.3, -0.25) is 0 Å². The van der Waals surface area contributed by atoms with Gasteiger partial charge in [0.25, 0.3) is 0 Å². The minimum atomic E-state index is -5.24. The zero-order valence-corrected chi connectivity index (χ0v) is 19.9. The summed E-state index contributed by atoms with van der Waals surface area (Å²) < 4.78 is 124. The summed E-state index contributed by atoms with van der Waals surface area (Å²) in [5.41, 5.74) is -5.97. The first kappa shape index (κ1) is 27.3. The van der Waals surface area contributed by atoms with Gasteiger partial charge < -0.3 is 4.74 Å². The van der Waals surface area contributed by atoms with E-state index in [4.69, 9.17) is 0 Å². The molecule has 1 aliphatic carbocycles. The Labute approximate surface area is 212 Å². The summed E-state index contributed by atoms with van der Waals surface area (Å²) in [6.45, 7) is 5.11. The molecule has 0 heterocycles. The van der Waals surface area contributed by atoms with Crippen molar-refractivity contribution < 1.29 is 44.7 Å². The molecule has 0 atom stereocenters. The number of hydrogen-bond acceptors (Lipinski definition) is 2. The lowest BCUT2D eigenvalue weighted by Gasteiger charge is -2.35. The van der Waals surface area contributed by atoms with Crippen molar-refractivity contribution in [3.8, 4) is 16.9 Å². The van der Waals surface area contributed by atoms with Gasteiger partial charge in [-0.05, 0) is 59.7 Å². The Balaban J connectivity index is 1.79. The van der Waals surface area contributed by atoms with Crippen LogP contribution in [0.3, 0.4) is 0 Å². The molecule has 38 heavy (non-hydrogen) atoms. The second kappa shape index (κ2) is 9.89. The largest absolute Gasteiger partial charge is 0.420 e. The smallest absolute Gasteiger partial charge is 0.346 e. The van der Waals surface area contributed by atoms with Crippen molar-refractivity contribution in [2.24, 2.45) is 0 Å². The highest BCUT2D eigenvalue weighted by Gasteiger charge is 2.65. The monoisotopic (exact) mass is 540 g/mol. The number of halogens is 8. The van der Waals surface area contributed by atoms with E-state index in [1.54, 1.807) is 6.92 Å². The molecular weight excluding hydrogens is 520 g/mol. The van der Waals surface area contributed by atoms with Gasteiger partial charge in [0.05, 0.1) is 16.7 Å². The molecule has 3 aromatic carbocycles. The van der Waals surface area contributed by atoms with E-state index in [0.717, 1.165) is 30.3 Å². The van der Waals surface area contributed by atoms with Crippen LogP contribution in [0.15, 0.2) is 49.1 Å². The second-order valence-corrected chi connectivity index (χ2v) is 8.78. The number of hydrogen-bond donors (Lipinski definition) is 0. The molecule has 0 radical (unpaired) electrons. The first-order valence-corrected chi connectivity index (χ1v) is 11.6. The Bertz CT molecular complexity index is 1450. The van der Waals surface area contributed by atoms with Crippen molar-refractivity contribution in [2.45, 2.75) is 44.5 Å². The maximum Gasteiger partial charge on any atom is 0.346 e. The van der Waals surface area contributed by atoms with Crippen molar-refractivity contribution in [3.05, 3.63) is 100 Å². The molecular formula is C28H20F8O2. The normalized spacial score (nSPS) is 15.0. The second-order valence-electron chi connectivity index (χ2n) is 8.78. The molecule has 2 nitrogen and oxygen atoms in total. The van der Waals surface area contributed by atoms with Gasteiger partial charge >= 0.3 is 17.8 Å². The van der Waals surface area contributed by atoms with Crippen LogP contribution in [-0.4, -0.2) is 5.97 Å². The third-order valence-electron chi connectivity index (χ3n) is 6.36. The van der Waals surface area contributed by atoms with E-state index in [0.29, 0.717) is 18.9 Å². The van der Waals surface area contributed by atoms with Gasteiger partial charge in [0.1, 0.15) is 5.82 Å². The predicted octanol–water partition coefficient (Wildman–Crippen LogP) is 8.40. The highest BCUT2D eigenvalue weighted by molar-refractivity contribution is 5.91. The highest BCUT2D eigenvalue weighted by atomic mass is 19.3. The molecule has 0 spiro atoms. The van der Waals surface area contributed by atoms with Crippen molar-refractivity contribution >= 4 is 5.97 Å². The fourth-order valence-corrected chi connectivity index (χ4v) is 4.45. The highest BCUT2D eigenvalue weighted by Crippen LogP contribution is 2.60. The Morgan fingerprint density at radius 3 is 1.95 bits per heavy atom. The van der Waals surface area contributed by atoms with Crippen LogP contribution in [0, 0.1) is 23.3 Å². The minimum Gasteiger partial charge on any atom is -0.420 e. The van der Waals surface area contributed by atoms with Crippen LogP contribution in [0.4, 0.5) is 35.1 Å². The summed E-state index contributed by atoms with van der Waals surface area (Å²) in [7, 11) is 0. The van der Waals surface area contributed by atoms with Gasteiger partial charge in [0.15, 0.2) is 23.2 Å². The van der Waals surface area contributed by atoms with E-state index < -0.39 is 74.7 Å². The number of aryl methyl sites for hydroxylation is 2. The Morgan fingerprint density at radius 1 is 0.789 bits per heavy atom. The van der Waals surface area contributed by atoms with E-state index in [1.165, 1.54) is 6.08 Å². The zero-order valence-electron chi connectivity index (χ0n) is 19.9. The van der Waals surface area contributed by atoms with Crippen molar-refractivity contribution in [1.29, 1.82) is 0 Å². The Hall–Kier alpha value is -3.69. The van der Waals surface area contributed by atoms with Crippen molar-refractivity contribution in [3.63, 3.8) is 0 Å². The molecule has 200 valence electrons. The molecule has 4 rings (SSSR count). The summed E-state index contributed by atoms with van der Waals surface area (Å²) in [4.78, 5) is 12.5. The fraction of sp³-hybridized carbons (Fsp3) is 0.250. The average molecular weight is 540 g/mol. The number of alkyl halides is 4. The molecule has 0 aromatic heterocycles. The molecule has 0 bridgehead atoms. The third-order valence-corrected chi connectivity index (χ3v) is 6.36. The SMILES string of the molecule is C=CCCc1ccc(C(=O)Oc2ccc3c(c2F)C(F)(F)C(F)(F)c2c-3ccc(CCC)c2F)c(F)c1F. The van der Waals surface area contributed by atoms with Gasteiger partial charge in [-0.1, -0.05) is 37.6 Å². The molecule has 10 heteroatoms. The molecule has 1 aliphatic rings. The van der Waals surface area contributed by atoms with Crippen LogP contribution >= 0.6 is 0 Å². The van der Waals surface area contributed by atoms with Crippen LogP contribution in [0.5, 0.6) is 5.75 Å². The Morgan fingerprint density at radius 2 is 1.34 bits per heavy atom. The van der Waals surface area contributed by atoms with Crippen molar-refractivity contribution in [1.82, 2.24) is 0 Å². The maximum atomic E-state index is 15.3. The number of fused-ring (bicyclic) bond motifs is 3. The molecule has 0 amide bonds. The van der Waals surface area contributed by atoms with Gasteiger partial charge in [-0.25, -0.2) is 22.4 Å². The number of carbonyl (C=O) groups excluding carboxylic acids is 1. The number of benzene rings is 3. The predicted molar refractivity (Wildman–Crippen MR) is 123 cm³/mol.